The van der Waals surface area contributed by atoms with Gasteiger partial charge in [0.2, 0.25) is 0 Å². The van der Waals surface area contributed by atoms with Gasteiger partial charge in [-0.3, -0.25) is 5.41 Å². The average molecular weight is 319 g/mol. The van der Waals surface area contributed by atoms with Gasteiger partial charge in [-0.25, -0.2) is 0 Å². The summed E-state index contributed by atoms with van der Waals surface area (Å²) in [6.07, 6.45) is 0. The Bertz CT molecular complexity index is 657. The molecule has 0 fully saturated rings. The summed E-state index contributed by atoms with van der Waals surface area (Å²) < 4.78 is 0. The van der Waals surface area contributed by atoms with Crippen LogP contribution in [0.15, 0.2) is 52.3 Å². The first-order valence-corrected chi connectivity index (χ1v) is 7.89. The third kappa shape index (κ3) is 4.02. The normalized spacial score (nSPS) is 11.4. The number of halogens is 1. The Morgan fingerprint density at radius 1 is 1.10 bits per heavy atom. The zero-order valence-corrected chi connectivity index (χ0v) is 14.0. The third-order valence-electron chi connectivity index (χ3n) is 3.18. The summed E-state index contributed by atoms with van der Waals surface area (Å²) in [5.74, 6) is 0.0336. The first-order valence-electron chi connectivity index (χ1n) is 6.70. The monoisotopic (exact) mass is 318 g/mol. The number of hydrogen-bond acceptors (Lipinski definition) is 2. The third-order valence-corrected chi connectivity index (χ3v) is 4.50. The molecule has 0 saturated carbocycles. The predicted molar refractivity (Wildman–Crippen MR) is 91.7 cm³/mol. The van der Waals surface area contributed by atoms with E-state index in [1.54, 1.807) is 17.8 Å². The fraction of sp³-hybridized carbons (Fsp3) is 0.235. The van der Waals surface area contributed by atoms with Crippen molar-refractivity contribution in [2.45, 2.75) is 36.0 Å². The molecule has 0 amide bonds. The number of amidine groups is 1. The molecule has 0 heterocycles. The zero-order valence-electron chi connectivity index (χ0n) is 12.4. The van der Waals surface area contributed by atoms with Crippen molar-refractivity contribution in [3.05, 3.63) is 58.6 Å². The predicted octanol–water partition coefficient (Wildman–Crippen LogP) is 5.07. The van der Waals surface area contributed by atoms with E-state index in [-0.39, 0.29) is 11.3 Å². The highest BCUT2D eigenvalue weighted by Gasteiger charge is 2.13. The molecule has 0 aliphatic heterocycles. The van der Waals surface area contributed by atoms with Crippen LogP contribution < -0.4 is 5.73 Å². The number of nitrogens with two attached hydrogens (primary N) is 1. The maximum atomic E-state index is 7.66. The van der Waals surface area contributed by atoms with Crippen molar-refractivity contribution in [2.24, 2.45) is 5.73 Å². The van der Waals surface area contributed by atoms with E-state index in [2.05, 4.69) is 45.0 Å². The Morgan fingerprint density at radius 3 is 2.24 bits per heavy atom. The van der Waals surface area contributed by atoms with Crippen LogP contribution in [0.1, 0.15) is 31.9 Å². The van der Waals surface area contributed by atoms with Gasteiger partial charge < -0.3 is 5.73 Å². The SMILES string of the molecule is CC(C)(C)c1ccc(Sc2ccc(Cl)cc2C(=N)N)cc1. The van der Waals surface area contributed by atoms with Crippen LogP contribution in [0.3, 0.4) is 0 Å². The van der Waals surface area contributed by atoms with Gasteiger partial charge in [-0.1, -0.05) is 56.3 Å². The van der Waals surface area contributed by atoms with Crippen molar-refractivity contribution in [3.63, 3.8) is 0 Å². The maximum absolute atomic E-state index is 7.66. The van der Waals surface area contributed by atoms with Crippen LogP contribution in [0.5, 0.6) is 0 Å². The second-order valence-electron chi connectivity index (χ2n) is 5.93. The van der Waals surface area contributed by atoms with Crippen LogP contribution in [0.25, 0.3) is 0 Å². The largest absolute Gasteiger partial charge is 0.384 e. The molecule has 0 aromatic heterocycles. The number of rotatable bonds is 3. The molecule has 2 aromatic carbocycles. The highest BCUT2D eigenvalue weighted by molar-refractivity contribution is 7.99. The minimum atomic E-state index is 0.0336. The summed E-state index contributed by atoms with van der Waals surface area (Å²) in [5, 5.41) is 8.25. The topological polar surface area (TPSA) is 49.9 Å². The van der Waals surface area contributed by atoms with E-state index >= 15 is 0 Å². The van der Waals surface area contributed by atoms with Crippen LogP contribution in [0.2, 0.25) is 5.02 Å². The van der Waals surface area contributed by atoms with Crippen LogP contribution >= 0.6 is 23.4 Å². The average Bonchev–Trinajstić information content (AvgIpc) is 2.40. The molecule has 0 bridgehead atoms. The van der Waals surface area contributed by atoms with E-state index in [1.165, 1.54) is 5.56 Å². The summed E-state index contributed by atoms with van der Waals surface area (Å²) >= 11 is 7.56. The van der Waals surface area contributed by atoms with Gasteiger partial charge >= 0.3 is 0 Å². The lowest BCUT2D eigenvalue weighted by Crippen LogP contribution is -2.12. The zero-order chi connectivity index (χ0) is 15.6. The Morgan fingerprint density at radius 2 is 1.71 bits per heavy atom. The Hall–Kier alpha value is -1.45. The van der Waals surface area contributed by atoms with E-state index in [4.69, 9.17) is 22.7 Å². The fourth-order valence-corrected chi connectivity index (χ4v) is 3.06. The molecule has 0 radical (unpaired) electrons. The lowest BCUT2D eigenvalue weighted by molar-refractivity contribution is 0.590. The van der Waals surface area contributed by atoms with E-state index in [0.29, 0.717) is 10.6 Å². The molecule has 0 atom stereocenters. The second kappa shape index (κ2) is 6.12. The Kier molecular flexibility index (Phi) is 4.64. The van der Waals surface area contributed by atoms with Gasteiger partial charge in [0.05, 0.1) is 0 Å². The van der Waals surface area contributed by atoms with Crippen molar-refractivity contribution in [1.82, 2.24) is 0 Å². The van der Waals surface area contributed by atoms with Crippen LogP contribution in [-0.2, 0) is 5.41 Å². The van der Waals surface area contributed by atoms with Crippen molar-refractivity contribution < 1.29 is 0 Å². The van der Waals surface area contributed by atoms with Crippen molar-refractivity contribution in [1.29, 1.82) is 5.41 Å². The van der Waals surface area contributed by atoms with Gasteiger partial charge in [-0.05, 0) is 41.3 Å². The first kappa shape index (κ1) is 15.9. The molecule has 21 heavy (non-hydrogen) atoms. The first-order chi connectivity index (χ1) is 9.77. The molecule has 0 unspecified atom stereocenters. The molecule has 110 valence electrons. The van der Waals surface area contributed by atoms with E-state index in [1.807, 2.05) is 12.1 Å². The summed E-state index contributed by atoms with van der Waals surface area (Å²) in [6.45, 7) is 6.59. The maximum Gasteiger partial charge on any atom is 0.123 e. The molecule has 0 aliphatic carbocycles. The van der Waals surface area contributed by atoms with E-state index in [9.17, 15) is 0 Å². The number of benzene rings is 2. The summed E-state index contributed by atoms with van der Waals surface area (Å²) in [7, 11) is 0. The van der Waals surface area contributed by atoms with Crippen molar-refractivity contribution in [2.75, 3.05) is 0 Å². The smallest absolute Gasteiger partial charge is 0.123 e. The number of nitrogen functional groups attached to an aromatic ring is 1. The van der Waals surface area contributed by atoms with Crippen molar-refractivity contribution in [3.8, 4) is 0 Å². The summed E-state index contributed by atoms with van der Waals surface area (Å²) in [6, 6.07) is 13.9. The molecule has 2 rings (SSSR count). The van der Waals surface area contributed by atoms with E-state index in [0.717, 1.165) is 9.79 Å². The molecular weight excluding hydrogens is 300 g/mol. The minimum Gasteiger partial charge on any atom is -0.384 e. The minimum absolute atomic E-state index is 0.0336. The molecule has 0 aliphatic rings. The highest BCUT2D eigenvalue weighted by Crippen LogP contribution is 2.33. The van der Waals surface area contributed by atoms with Gasteiger partial charge in [0.15, 0.2) is 0 Å². The quantitative estimate of drug-likeness (QED) is 0.613. The molecule has 4 heteroatoms. The molecule has 0 spiro atoms. The Labute approximate surface area is 135 Å². The Balaban J connectivity index is 2.28. The summed E-state index contributed by atoms with van der Waals surface area (Å²) in [5.41, 5.74) is 7.75. The molecule has 2 nitrogen and oxygen atoms in total. The number of hydrogen-bond donors (Lipinski definition) is 2. The van der Waals surface area contributed by atoms with Crippen LogP contribution in [0.4, 0.5) is 0 Å². The standard InChI is InChI=1S/C17H19ClN2S/c1-17(2,3)11-4-7-13(8-5-11)21-15-9-6-12(18)10-14(15)16(19)20/h4-10H,1-3H3,(H3,19,20). The molecule has 0 saturated heterocycles. The molecular formula is C17H19ClN2S. The summed E-state index contributed by atoms with van der Waals surface area (Å²) in [4.78, 5) is 2.06. The van der Waals surface area contributed by atoms with E-state index < -0.39 is 0 Å². The lowest BCUT2D eigenvalue weighted by Gasteiger charge is -2.19. The fourth-order valence-electron chi connectivity index (χ4n) is 1.95. The lowest BCUT2D eigenvalue weighted by atomic mass is 9.87. The molecule has 2 aromatic rings. The van der Waals surface area contributed by atoms with Gasteiger partial charge in [0, 0.05) is 20.4 Å². The van der Waals surface area contributed by atoms with Gasteiger partial charge in [0.25, 0.3) is 0 Å². The highest BCUT2D eigenvalue weighted by atomic mass is 35.5. The van der Waals surface area contributed by atoms with Crippen molar-refractivity contribution >= 4 is 29.2 Å². The number of nitrogens with one attached hydrogen (secondary N) is 1. The van der Waals surface area contributed by atoms with Gasteiger partial charge in [0.1, 0.15) is 5.84 Å². The van der Waals surface area contributed by atoms with Gasteiger partial charge in [-0.2, -0.15) is 0 Å². The van der Waals surface area contributed by atoms with Crippen LogP contribution in [0, 0.1) is 5.41 Å². The van der Waals surface area contributed by atoms with Gasteiger partial charge in [-0.15, -0.1) is 0 Å². The second-order valence-corrected chi connectivity index (χ2v) is 7.48. The molecule has 3 N–H and O–H groups in total. The van der Waals surface area contributed by atoms with Crippen LogP contribution in [-0.4, -0.2) is 5.84 Å².